The molecule has 0 aliphatic heterocycles. The average molecular weight is 367 g/mol. The molecule has 4 rings (SSSR count). The van der Waals surface area contributed by atoms with E-state index in [1.54, 1.807) is 6.21 Å². The van der Waals surface area contributed by atoms with Crippen molar-refractivity contribution in [1.29, 1.82) is 0 Å². The first-order chi connectivity index (χ1) is 11.3. The number of halogens is 1. The van der Waals surface area contributed by atoms with Crippen LogP contribution in [0, 0.1) is 0 Å². The van der Waals surface area contributed by atoms with E-state index in [1.165, 1.54) is 0 Å². The van der Waals surface area contributed by atoms with E-state index in [2.05, 4.69) is 46.6 Å². The van der Waals surface area contributed by atoms with Crippen LogP contribution in [0.2, 0.25) is 0 Å². The van der Waals surface area contributed by atoms with Crippen molar-refractivity contribution in [3.63, 3.8) is 0 Å². The van der Waals surface area contributed by atoms with Crippen molar-refractivity contribution in [3.05, 3.63) is 58.6 Å². The number of benzene rings is 2. The highest BCUT2D eigenvalue weighted by Crippen LogP contribution is 2.21. The van der Waals surface area contributed by atoms with Gasteiger partial charge in [0.05, 0.1) is 6.21 Å². The maximum atomic E-state index is 4.40. The van der Waals surface area contributed by atoms with Crippen LogP contribution < -0.4 is 5.43 Å². The zero-order valence-corrected chi connectivity index (χ0v) is 13.4. The highest BCUT2D eigenvalue weighted by molar-refractivity contribution is 9.10. The summed E-state index contributed by atoms with van der Waals surface area (Å²) in [5.74, 6) is 0.345. The molecule has 0 fully saturated rings. The topological polar surface area (TPSA) is 78.8 Å². The number of anilines is 1. The number of para-hydroxylation sites is 1. The second-order valence-corrected chi connectivity index (χ2v) is 5.84. The third-order valence-corrected chi connectivity index (χ3v) is 3.90. The molecule has 23 heavy (non-hydrogen) atoms. The third-order valence-electron chi connectivity index (χ3n) is 3.37. The molecule has 2 aromatic heterocycles. The summed E-state index contributed by atoms with van der Waals surface area (Å²) >= 11 is 3.40. The smallest absolute Gasteiger partial charge is 0.265 e. The first-order valence-electron chi connectivity index (χ1n) is 6.95. The number of hydrazone groups is 1. The Hall–Kier alpha value is -2.80. The molecule has 2 heterocycles. The molecule has 112 valence electrons. The lowest BCUT2D eigenvalue weighted by molar-refractivity contribution is 1.01. The molecule has 4 aromatic rings. The number of hydrogen-bond donors (Lipinski definition) is 2. The monoisotopic (exact) mass is 366 g/mol. The van der Waals surface area contributed by atoms with Gasteiger partial charge in [-0.25, -0.2) is 5.43 Å². The Balaban J connectivity index is 1.59. The first kappa shape index (κ1) is 13.8. The molecule has 0 saturated heterocycles. The predicted octanol–water partition coefficient (Wildman–Crippen LogP) is 3.71. The molecule has 0 spiro atoms. The Morgan fingerprint density at radius 1 is 1.04 bits per heavy atom. The van der Waals surface area contributed by atoms with Crippen LogP contribution in [0.5, 0.6) is 0 Å². The van der Waals surface area contributed by atoms with E-state index in [-0.39, 0.29) is 0 Å². The predicted molar refractivity (Wildman–Crippen MR) is 94.5 cm³/mol. The van der Waals surface area contributed by atoms with Crippen LogP contribution in [0.25, 0.3) is 22.1 Å². The largest absolute Gasteiger partial charge is 0.338 e. The van der Waals surface area contributed by atoms with Crippen molar-refractivity contribution in [2.75, 3.05) is 5.43 Å². The minimum atomic E-state index is 0.345. The zero-order valence-electron chi connectivity index (χ0n) is 11.9. The molecule has 0 aliphatic rings. The third kappa shape index (κ3) is 2.78. The summed E-state index contributed by atoms with van der Waals surface area (Å²) in [7, 11) is 0. The van der Waals surface area contributed by atoms with Crippen molar-refractivity contribution in [2.24, 2.45) is 5.10 Å². The minimum absolute atomic E-state index is 0.345. The summed E-state index contributed by atoms with van der Waals surface area (Å²) in [6, 6.07) is 15.7. The zero-order chi connectivity index (χ0) is 15.6. The molecule has 0 saturated carbocycles. The quantitative estimate of drug-likeness (QED) is 0.427. The average Bonchev–Trinajstić information content (AvgIpc) is 2.94. The van der Waals surface area contributed by atoms with Crippen LogP contribution in [-0.4, -0.2) is 26.4 Å². The number of aromatic nitrogens is 4. The Bertz CT molecular complexity index is 1010. The highest BCUT2D eigenvalue weighted by Gasteiger charge is 2.07. The van der Waals surface area contributed by atoms with Gasteiger partial charge in [-0.05, 0) is 23.8 Å². The van der Waals surface area contributed by atoms with Crippen molar-refractivity contribution in [1.82, 2.24) is 20.2 Å². The molecule has 0 aliphatic carbocycles. The van der Waals surface area contributed by atoms with Crippen LogP contribution in [0.4, 0.5) is 5.95 Å². The van der Waals surface area contributed by atoms with Gasteiger partial charge in [-0.15, -0.1) is 10.2 Å². The second-order valence-electron chi connectivity index (χ2n) is 4.92. The number of aromatic amines is 1. The van der Waals surface area contributed by atoms with Crippen LogP contribution in [-0.2, 0) is 0 Å². The van der Waals surface area contributed by atoms with E-state index in [0.717, 1.165) is 26.5 Å². The number of nitrogens with one attached hydrogen (secondary N) is 2. The summed E-state index contributed by atoms with van der Waals surface area (Å²) in [6.45, 7) is 0. The van der Waals surface area contributed by atoms with Crippen LogP contribution >= 0.6 is 15.9 Å². The standard InChI is InChI=1S/C16H11BrN6/c17-11-7-5-10(6-8-11)9-18-22-16-20-15-14(21-23-16)12-3-1-2-4-13(12)19-15/h1-9H,(H2,19,20,22,23)/b18-9+. The lowest BCUT2D eigenvalue weighted by Gasteiger charge is -1.97. The molecule has 0 radical (unpaired) electrons. The fraction of sp³-hybridized carbons (Fsp3) is 0. The van der Waals surface area contributed by atoms with Gasteiger partial charge in [-0.3, -0.25) is 0 Å². The Morgan fingerprint density at radius 2 is 1.87 bits per heavy atom. The number of H-pyrrole nitrogens is 1. The minimum Gasteiger partial charge on any atom is -0.338 e. The summed E-state index contributed by atoms with van der Waals surface area (Å²) in [4.78, 5) is 7.62. The molecule has 0 unspecified atom stereocenters. The number of rotatable bonds is 3. The molecular weight excluding hydrogens is 356 g/mol. The van der Waals surface area contributed by atoms with Gasteiger partial charge in [0, 0.05) is 15.4 Å². The highest BCUT2D eigenvalue weighted by atomic mass is 79.9. The SMILES string of the molecule is Brc1ccc(/C=N/Nc2nnc3c(n2)[nH]c2ccccc23)cc1. The lowest BCUT2D eigenvalue weighted by Crippen LogP contribution is -1.98. The van der Waals surface area contributed by atoms with Gasteiger partial charge in [-0.1, -0.05) is 46.3 Å². The molecule has 0 bridgehead atoms. The summed E-state index contributed by atoms with van der Waals surface area (Å²) in [6.07, 6.45) is 1.70. The molecule has 0 atom stereocenters. The fourth-order valence-electron chi connectivity index (χ4n) is 2.28. The first-order valence-corrected chi connectivity index (χ1v) is 7.75. The number of fused-ring (bicyclic) bond motifs is 3. The summed E-state index contributed by atoms with van der Waals surface area (Å²) in [5, 5.41) is 13.4. The number of nitrogens with zero attached hydrogens (tertiary/aromatic N) is 4. The maximum Gasteiger partial charge on any atom is 0.265 e. The van der Waals surface area contributed by atoms with Gasteiger partial charge >= 0.3 is 0 Å². The van der Waals surface area contributed by atoms with Gasteiger partial charge in [0.1, 0.15) is 5.52 Å². The normalized spacial score (nSPS) is 11.5. The lowest BCUT2D eigenvalue weighted by atomic mass is 10.2. The Morgan fingerprint density at radius 3 is 2.74 bits per heavy atom. The fourth-order valence-corrected chi connectivity index (χ4v) is 2.55. The van der Waals surface area contributed by atoms with Crippen LogP contribution in [0.3, 0.4) is 0 Å². The van der Waals surface area contributed by atoms with E-state index < -0.39 is 0 Å². The molecule has 0 amide bonds. The van der Waals surface area contributed by atoms with E-state index in [4.69, 9.17) is 0 Å². The Labute approximate surface area is 139 Å². The second kappa shape index (κ2) is 5.77. The summed E-state index contributed by atoms with van der Waals surface area (Å²) < 4.78 is 1.03. The van der Waals surface area contributed by atoms with Gasteiger partial charge in [0.15, 0.2) is 5.65 Å². The summed E-state index contributed by atoms with van der Waals surface area (Å²) in [5.41, 5.74) is 6.19. The van der Waals surface area contributed by atoms with Crippen molar-refractivity contribution in [3.8, 4) is 0 Å². The van der Waals surface area contributed by atoms with E-state index >= 15 is 0 Å². The van der Waals surface area contributed by atoms with Gasteiger partial charge in [0.25, 0.3) is 5.95 Å². The molecule has 2 N–H and O–H groups in total. The van der Waals surface area contributed by atoms with E-state index in [1.807, 2.05) is 48.5 Å². The van der Waals surface area contributed by atoms with E-state index in [0.29, 0.717) is 11.6 Å². The molecular formula is C16H11BrN6. The van der Waals surface area contributed by atoms with Gasteiger partial charge < -0.3 is 4.98 Å². The van der Waals surface area contributed by atoms with Gasteiger partial charge in [0.2, 0.25) is 0 Å². The van der Waals surface area contributed by atoms with Gasteiger partial charge in [-0.2, -0.15) is 10.1 Å². The Kier molecular flexibility index (Phi) is 3.47. The molecule has 7 heteroatoms. The molecule has 6 nitrogen and oxygen atoms in total. The van der Waals surface area contributed by atoms with Crippen LogP contribution in [0.1, 0.15) is 5.56 Å². The maximum absolute atomic E-state index is 4.40. The van der Waals surface area contributed by atoms with Crippen LogP contribution in [0.15, 0.2) is 58.1 Å². The van der Waals surface area contributed by atoms with Crippen molar-refractivity contribution >= 4 is 50.2 Å². The van der Waals surface area contributed by atoms with E-state index in [9.17, 15) is 0 Å². The number of hydrogen-bond acceptors (Lipinski definition) is 5. The van der Waals surface area contributed by atoms with Crippen molar-refractivity contribution in [2.45, 2.75) is 0 Å². The molecule has 2 aromatic carbocycles. The van der Waals surface area contributed by atoms with Crippen molar-refractivity contribution < 1.29 is 0 Å².